The molecule has 3 aromatic rings. The fraction of sp³-hybridized carbons (Fsp3) is 0. The maximum absolute atomic E-state index is 6.25. The fourth-order valence-corrected chi connectivity index (χ4v) is 3.35. The highest BCUT2D eigenvalue weighted by Crippen LogP contribution is 2.30. The highest BCUT2D eigenvalue weighted by Gasteiger charge is 2.09. The number of halogens is 2. The minimum absolute atomic E-state index is 0.426. The first-order valence-corrected chi connectivity index (χ1v) is 7.85. The van der Waals surface area contributed by atoms with E-state index in [0.29, 0.717) is 16.7 Å². The van der Waals surface area contributed by atoms with Crippen LogP contribution in [0.4, 0.5) is 0 Å². The van der Waals surface area contributed by atoms with Crippen molar-refractivity contribution in [2.75, 3.05) is 0 Å². The van der Waals surface area contributed by atoms with Crippen LogP contribution in [0, 0.1) is 0 Å². The normalized spacial score (nSPS) is 11.8. The van der Waals surface area contributed by atoms with Gasteiger partial charge in [0.05, 0.1) is 9.98 Å². The standard InChI is InChI=1S/C15H9BrClNOS/c16-14-7-6-11(20-14)8-12(17)15-18-9-13(19-15)10-4-2-1-3-5-10/h1-9H/b12-8-. The Balaban J connectivity index is 1.88. The van der Waals surface area contributed by atoms with Crippen LogP contribution in [-0.2, 0) is 0 Å². The van der Waals surface area contributed by atoms with Crippen LogP contribution >= 0.6 is 38.9 Å². The Labute approximate surface area is 133 Å². The predicted octanol–water partition coefficient (Wildman–Crippen LogP) is 5.90. The molecule has 0 spiro atoms. The largest absolute Gasteiger partial charge is 0.435 e. The Morgan fingerprint density at radius 1 is 1.20 bits per heavy atom. The monoisotopic (exact) mass is 365 g/mol. The topological polar surface area (TPSA) is 26.0 Å². The molecule has 5 heteroatoms. The summed E-state index contributed by atoms with van der Waals surface area (Å²) in [4.78, 5) is 5.26. The van der Waals surface area contributed by atoms with Crippen molar-refractivity contribution in [3.8, 4) is 11.3 Å². The number of benzene rings is 1. The van der Waals surface area contributed by atoms with E-state index in [1.54, 1.807) is 17.5 Å². The molecule has 0 saturated carbocycles. The van der Waals surface area contributed by atoms with E-state index < -0.39 is 0 Å². The van der Waals surface area contributed by atoms with E-state index in [1.807, 2.05) is 48.5 Å². The summed E-state index contributed by atoms with van der Waals surface area (Å²) >= 11 is 11.3. The van der Waals surface area contributed by atoms with E-state index in [9.17, 15) is 0 Å². The lowest BCUT2D eigenvalue weighted by Gasteiger charge is -1.94. The molecule has 2 aromatic heterocycles. The molecule has 0 unspecified atom stereocenters. The molecule has 0 N–H and O–H groups in total. The summed E-state index contributed by atoms with van der Waals surface area (Å²) in [6, 6.07) is 13.8. The molecule has 100 valence electrons. The summed E-state index contributed by atoms with van der Waals surface area (Å²) in [6.07, 6.45) is 3.53. The van der Waals surface area contributed by atoms with E-state index in [-0.39, 0.29) is 0 Å². The number of rotatable bonds is 3. The summed E-state index contributed by atoms with van der Waals surface area (Å²) in [5.74, 6) is 1.13. The zero-order valence-corrected chi connectivity index (χ0v) is 13.4. The Morgan fingerprint density at radius 3 is 2.70 bits per heavy atom. The van der Waals surface area contributed by atoms with Gasteiger partial charge >= 0.3 is 0 Å². The minimum atomic E-state index is 0.426. The Morgan fingerprint density at radius 2 is 2.00 bits per heavy atom. The lowest BCUT2D eigenvalue weighted by Crippen LogP contribution is -1.74. The van der Waals surface area contributed by atoms with Crippen LogP contribution in [-0.4, -0.2) is 4.98 Å². The van der Waals surface area contributed by atoms with Crippen molar-refractivity contribution in [3.05, 3.63) is 63.2 Å². The van der Waals surface area contributed by atoms with Gasteiger partial charge in [-0.3, -0.25) is 0 Å². The van der Waals surface area contributed by atoms with E-state index in [4.69, 9.17) is 16.0 Å². The smallest absolute Gasteiger partial charge is 0.238 e. The SMILES string of the molecule is Cl/C(=C\c1ccc(Br)s1)c1ncc(-c2ccccc2)o1. The van der Waals surface area contributed by atoms with Gasteiger partial charge in [-0.1, -0.05) is 41.9 Å². The summed E-state index contributed by atoms with van der Waals surface area (Å²) in [5, 5.41) is 0.488. The van der Waals surface area contributed by atoms with Crippen molar-refractivity contribution in [1.82, 2.24) is 4.98 Å². The minimum Gasteiger partial charge on any atom is -0.435 e. The van der Waals surface area contributed by atoms with Gasteiger partial charge in [-0.05, 0) is 34.1 Å². The Bertz CT molecular complexity index is 748. The van der Waals surface area contributed by atoms with Crippen molar-refractivity contribution in [2.24, 2.45) is 0 Å². The second-order valence-corrected chi connectivity index (χ2v) is 6.93. The van der Waals surface area contributed by atoms with Gasteiger partial charge in [-0.2, -0.15) is 0 Å². The molecule has 0 fully saturated rings. The molecule has 0 aliphatic carbocycles. The molecule has 0 saturated heterocycles. The molecule has 0 amide bonds. The number of hydrogen-bond acceptors (Lipinski definition) is 3. The van der Waals surface area contributed by atoms with Gasteiger partial charge in [0.25, 0.3) is 0 Å². The number of thiophene rings is 1. The second kappa shape index (κ2) is 5.95. The summed E-state index contributed by atoms with van der Waals surface area (Å²) in [6.45, 7) is 0. The number of nitrogens with zero attached hydrogens (tertiary/aromatic N) is 1. The zero-order chi connectivity index (χ0) is 13.9. The first kappa shape index (κ1) is 13.6. The lowest BCUT2D eigenvalue weighted by atomic mass is 10.2. The Kier molecular flexibility index (Phi) is 4.05. The highest BCUT2D eigenvalue weighted by atomic mass is 79.9. The van der Waals surface area contributed by atoms with Gasteiger partial charge in [0, 0.05) is 10.4 Å². The van der Waals surface area contributed by atoms with E-state index in [2.05, 4.69) is 20.9 Å². The van der Waals surface area contributed by atoms with Gasteiger partial charge in [-0.25, -0.2) is 4.98 Å². The van der Waals surface area contributed by atoms with E-state index >= 15 is 0 Å². The van der Waals surface area contributed by atoms with E-state index in [1.165, 1.54) is 0 Å². The third-order valence-electron chi connectivity index (χ3n) is 2.63. The van der Waals surface area contributed by atoms with Gasteiger partial charge in [0.2, 0.25) is 5.89 Å². The fourth-order valence-electron chi connectivity index (χ4n) is 1.71. The Hall–Kier alpha value is -1.36. The summed E-state index contributed by atoms with van der Waals surface area (Å²) < 4.78 is 6.75. The van der Waals surface area contributed by atoms with Crippen molar-refractivity contribution in [1.29, 1.82) is 0 Å². The maximum atomic E-state index is 6.25. The third-order valence-corrected chi connectivity index (χ3v) is 4.47. The molecule has 0 radical (unpaired) electrons. The molecule has 1 aromatic carbocycles. The molecule has 20 heavy (non-hydrogen) atoms. The van der Waals surface area contributed by atoms with Crippen molar-refractivity contribution < 1.29 is 4.42 Å². The van der Waals surface area contributed by atoms with Crippen LogP contribution in [0.5, 0.6) is 0 Å². The van der Waals surface area contributed by atoms with Crippen LogP contribution in [0.25, 0.3) is 22.4 Å². The van der Waals surface area contributed by atoms with Gasteiger partial charge < -0.3 is 4.42 Å². The molecule has 2 nitrogen and oxygen atoms in total. The zero-order valence-electron chi connectivity index (χ0n) is 10.2. The number of oxazole rings is 1. The first-order chi connectivity index (χ1) is 9.72. The second-order valence-electron chi connectivity index (χ2n) is 4.03. The molecular formula is C15H9BrClNOS. The average Bonchev–Trinajstić information content (AvgIpc) is 3.09. The molecule has 0 bridgehead atoms. The summed E-state index contributed by atoms with van der Waals surface area (Å²) in [5.41, 5.74) is 0.981. The van der Waals surface area contributed by atoms with Crippen LogP contribution in [0.3, 0.4) is 0 Å². The van der Waals surface area contributed by atoms with Gasteiger partial charge in [0.15, 0.2) is 5.76 Å². The van der Waals surface area contributed by atoms with Gasteiger partial charge in [-0.15, -0.1) is 11.3 Å². The predicted molar refractivity (Wildman–Crippen MR) is 87.7 cm³/mol. The summed E-state index contributed by atoms with van der Waals surface area (Å²) in [7, 11) is 0. The van der Waals surface area contributed by atoms with Crippen molar-refractivity contribution in [3.63, 3.8) is 0 Å². The van der Waals surface area contributed by atoms with Crippen LogP contribution in [0.15, 0.2) is 56.9 Å². The molecular weight excluding hydrogens is 358 g/mol. The molecule has 3 rings (SSSR count). The van der Waals surface area contributed by atoms with Crippen molar-refractivity contribution >= 4 is 50.0 Å². The third kappa shape index (κ3) is 3.03. The quantitative estimate of drug-likeness (QED) is 0.576. The highest BCUT2D eigenvalue weighted by molar-refractivity contribution is 9.11. The van der Waals surface area contributed by atoms with Crippen LogP contribution in [0.2, 0.25) is 0 Å². The number of hydrogen-bond donors (Lipinski definition) is 0. The maximum Gasteiger partial charge on any atom is 0.238 e. The number of aromatic nitrogens is 1. The molecule has 2 heterocycles. The first-order valence-electron chi connectivity index (χ1n) is 5.86. The average molecular weight is 367 g/mol. The molecule has 0 atom stereocenters. The molecule has 0 aliphatic rings. The van der Waals surface area contributed by atoms with Gasteiger partial charge in [0.1, 0.15) is 5.03 Å². The van der Waals surface area contributed by atoms with Crippen LogP contribution in [0.1, 0.15) is 10.8 Å². The van der Waals surface area contributed by atoms with Crippen LogP contribution < -0.4 is 0 Å². The lowest BCUT2D eigenvalue weighted by molar-refractivity contribution is 0.559. The molecule has 0 aliphatic heterocycles. The van der Waals surface area contributed by atoms with Crippen molar-refractivity contribution in [2.45, 2.75) is 0 Å². The van der Waals surface area contributed by atoms with E-state index in [0.717, 1.165) is 14.2 Å².